The molecule has 0 saturated heterocycles. The fourth-order valence-electron chi connectivity index (χ4n) is 1.73. The summed E-state index contributed by atoms with van der Waals surface area (Å²) in [5, 5.41) is 18.4. The molecule has 0 bridgehead atoms. The summed E-state index contributed by atoms with van der Waals surface area (Å²) in [5.41, 5.74) is 1.61. The van der Waals surface area contributed by atoms with Gasteiger partial charge < -0.3 is 5.11 Å². The highest BCUT2D eigenvalue weighted by Crippen LogP contribution is 2.20. The molecule has 2 rings (SSSR count). The molecule has 2 aromatic rings. The molecule has 2 aromatic heterocycles. The van der Waals surface area contributed by atoms with Crippen molar-refractivity contribution >= 4 is 0 Å². The van der Waals surface area contributed by atoms with Crippen LogP contribution in [0.5, 0.6) is 0 Å². The average Bonchev–Trinajstić information content (AvgIpc) is 2.87. The number of aliphatic hydroxyl groups excluding tert-OH is 1. The second-order valence-corrected chi connectivity index (χ2v) is 3.83. The van der Waals surface area contributed by atoms with Crippen LogP contribution in [0.4, 0.5) is 0 Å². The molecule has 86 valence electrons. The van der Waals surface area contributed by atoms with Gasteiger partial charge in [-0.3, -0.25) is 9.36 Å². The number of aryl methyl sites for hydroxylation is 2. The van der Waals surface area contributed by atoms with Gasteiger partial charge in [0.25, 0.3) is 0 Å². The number of nitrogens with zero attached hydrogens (tertiary/aromatic N) is 4. The fraction of sp³-hybridized carbons (Fsp3) is 0.455. The Bertz CT molecular complexity index is 460. The van der Waals surface area contributed by atoms with Crippen molar-refractivity contribution in [2.45, 2.75) is 26.0 Å². The van der Waals surface area contributed by atoms with Gasteiger partial charge in [0.05, 0.1) is 11.9 Å². The summed E-state index contributed by atoms with van der Waals surface area (Å²) in [7, 11) is 1.83. The molecule has 5 heteroatoms. The van der Waals surface area contributed by atoms with Crippen LogP contribution in [0.25, 0.3) is 0 Å². The topological polar surface area (TPSA) is 55.9 Å². The van der Waals surface area contributed by atoms with Gasteiger partial charge in [0.1, 0.15) is 6.10 Å². The lowest BCUT2D eigenvalue weighted by Crippen LogP contribution is -2.09. The molecule has 1 atom stereocenters. The molecule has 1 N–H and O–H groups in total. The molecule has 0 amide bonds. The van der Waals surface area contributed by atoms with E-state index in [9.17, 15) is 5.11 Å². The Morgan fingerprint density at radius 3 is 2.88 bits per heavy atom. The summed E-state index contributed by atoms with van der Waals surface area (Å²) < 4.78 is 3.51. The number of rotatable bonds is 4. The second-order valence-electron chi connectivity index (χ2n) is 3.83. The van der Waals surface area contributed by atoms with Gasteiger partial charge in [-0.15, -0.1) is 0 Å². The van der Waals surface area contributed by atoms with E-state index in [0.717, 1.165) is 24.2 Å². The number of aliphatic hydroxyl groups is 1. The largest absolute Gasteiger partial charge is 0.382 e. The maximum Gasteiger partial charge on any atom is 0.124 e. The predicted molar refractivity (Wildman–Crippen MR) is 59.8 cm³/mol. The van der Waals surface area contributed by atoms with Gasteiger partial charge in [0.2, 0.25) is 0 Å². The Balaban J connectivity index is 2.26. The molecule has 16 heavy (non-hydrogen) atoms. The van der Waals surface area contributed by atoms with E-state index >= 15 is 0 Å². The van der Waals surface area contributed by atoms with E-state index in [2.05, 4.69) is 17.1 Å². The Kier molecular flexibility index (Phi) is 3.05. The molecule has 0 aromatic carbocycles. The van der Waals surface area contributed by atoms with Crippen molar-refractivity contribution in [3.63, 3.8) is 0 Å². The molecular weight excluding hydrogens is 204 g/mol. The lowest BCUT2D eigenvalue weighted by molar-refractivity contribution is 0.207. The minimum absolute atomic E-state index is 0.650. The Labute approximate surface area is 94.3 Å². The van der Waals surface area contributed by atoms with Crippen LogP contribution < -0.4 is 0 Å². The number of aromatic nitrogens is 4. The Hall–Kier alpha value is -1.62. The van der Waals surface area contributed by atoms with Gasteiger partial charge >= 0.3 is 0 Å². The summed E-state index contributed by atoms with van der Waals surface area (Å²) in [6, 6.07) is 1.84. The summed E-state index contributed by atoms with van der Waals surface area (Å²) in [6.07, 6.45) is 5.55. The third-order valence-corrected chi connectivity index (χ3v) is 2.51. The fourth-order valence-corrected chi connectivity index (χ4v) is 1.73. The van der Waals surface area contributed by atoms with E-state index < -0.39 is 6.10 Å². The zero-order valence-electron chi connectivity index (χ0n) is 9.54. The SMILES string of the molecule is CCCn1nccc1C(O)c1cnn(C)c1. The first kappa shape index (κ1) is 10.9. The summed E-state index contributed by atoms with van der Waals surface area (Å²) in [6.45, 7) is 2.90. The van der Waals surface area contributed by atoms with Crippen LogP contribution in [-0.2, 0) is 13.6 Å². The van der Waals surface area contributed by atoms with Crippen LogP contribution in [0.15, 0.2) is 24.7 Å². The highest BCUT2D eigenvalue weighted by Gasteiger charge is 2.16. The van der Waals surface area contributed by atoms with Gasteiger partial charge in [-0.25, -0.2) is 0 Å². The molecule has 1 unspecified atom stereocenters. The van der Waals surface area contributed by atoms with E-state index in [1.165, 1.54) is 0 Å². The average molecular weight is 220 g/mol. The van der Waals surface area contributed by atoms with Crippen molar-refractivity contribution in [3.05, 3.63) is 35.9 Å². The molecule has 0 radical (unpaired) electrons. The molecule has 0 spiro atoms. The molecule has 0 aliphatic rings. The van der Waals surface area contributed by atoms with Gasteiger partial charge in [-0.05, 0) is 12.5 Å². The monoisotopic (exact) mass is 220 g/mol. The van der Waals surface area contributed by atoms with Crippen LogP contribution in [0.2, 0.25) is 0 Å². The smallest absolute Gasteiger partial charge is 0.124 e. The van der Waals surface area contributed by atoms with E-state index in [0.29, 0.717) is 0 Å². The zero-order chi connectivity index (χ0) is 11.5. The van der Waals surface area contributed by atoms with Crippen molar-refractivity contribution in [2.75, 3.05) is 0 Å². The second kappa shape index (κ2) is 4.49. The zero-order valence-corrected chi connectivity index (χ0v) is 9.54. The van der Waals surface area contributed by atoms with Crippen molar-refractivity contribution < 1.29 is 5.11 Å². The van der Waals surface area contributed by atoms with Crippen LogP contribution in [-0.4, -0.2) is 24.7 Å². The highest BCUT2D eigenvalue weighted by atomic mass is 16.3. The standard InChI is InChI=1S/C11H16N4O/c1-3-6-15-10(4-5-12-15)11(16)9-7-13-14(2)8-9/h4-5,7-8,11,16H,3,6H2,1-2H3. The van der Waals surface area contributed by atoms with E-state index in [1.54, 1.807) is 17.1 Å². The third-order valence-electron chi connectivity index (χ3n) is 2.51. The number of hydrogen-bond acceptors (Lipinski definition) is 3. The third kappa shape index (κ3) is 1.99. The molecule has 0 fully saturated rings. The van der Waals surface area contributed by atoms with E-state index in [1.807, 2.05) is 24.0 Å². The summed E-state index contributed by atoms with van der Waals surface area (Å²) >= 11 is 0. The molecular formula is C11H16N4O. The minimum Gasteiger partial charge on any atom is -0.382 e. The Morgan fingerprint density at radius 2 is 2.25 bits per heavy atom. The lowest BCUT2D eigenvalue weighted by atomic mass is 10.1. The maximum atomic E-state index is 10.2. The van der Waals surface area contributed by atoms with Crippen LogP contribution in [0, 0.1) is 0 Å². The van der Waals surface area contributed by atoms with Gasteiger partial charge in [-0.1, -0.05) is 6.92 Å². The predicted octanol–water partition coefficient (Wildman–Crippen LogP) is 1.11. The van der Waals surface area contributed by atoms with Crippen molar-refractivity contribution in [1.29, 1.82) is 0 Å². The van der Waals surface area contributed by atoms with Crippen molar-refractivity contribution in [3.8, 4) is 0 Å². The first-order valence-electron chi connectivity index (χ1n) is 5.40. The van der Waals surface area contributed by atoms with E-state index in [4.69, 9.17) is 0 Å². The Morgan fingerprint density at radius 1 is 1.44 bits per heavy atom. The lowest BCUT2D eigenvalue weighted by Gasteiger charge is -2.11. The van der Waals surface area contributed by atoms with Crippen LogP contribution in [0.1, 0.15) is 30.7 Å². The quantitative estimate of drug-likeness (QED) is 0.839. The normalized spacial score (nSPS) is 12.9. The van der Waals surface area contributed by atoms with Gasteiger partial charge in [0, 0.05) is 31.5 Å². The molecule has 0 aliphatic carbocycles. The minimum atomic E-state index is -0.650. The molecule has 0 aliphatic heterocycles. The first-order chi connectivity index (χ1) is 7.72. The maximum absolute atomic E-state index is 10.2. The molecule has 2 heterocycles. The highest BCUT2D eigenvalue weighted by molar-refractivity contribution is 5.20. The number of hydrogen-bond donors (Lipinski definition) is 1. The van der Waals surface area contributed by atoms with Crippen molar-refractivity contribution in [1.82, 2.24) is 19.6 Å². The van der Waals surface area contributed by atoms with E-state index in [-0.39, 0.29) is 0 Å². The van der Waals surface area contributed by atoms with Crippen LogP contribution in [0.3, 0.4) is 0 Å². The van der Waals surface area contributed by atoms with Crippen LogP contribution >= 0.6 is 0 Å². The van der Waals surface area contributed by atoms with Gasteiger partial charge in [-0.2, -0.15) is 10.2 Å². The van der Waals surface area contributed by atoms with Gasteiger partial charge in [0.15, 0.2) is 0 Å². The summed E-state index contributed by atoms with van der Waals surface area (Å²) in [4.78, 5) is 0. The first-order valence-corrected chi connectivity index (χ1v) is 5.40. The molecule has 0 saturated carbocycles. The molecule has 5 nitrogen and oxygen atoms in total. The van der Waals surface area contributed by atoms with Crippen molar-refractivity contribution in [2.24, 2.45) is 7.05 Å². The summed E-state index contributed by atoms with van der Waals surface area (Å²) in [5.74, 6) is 0.